The molecular formula is C17H17NO5. The van der Waals surface area contributed by atoms with Gasteiger partial charge < -0.3 is 14.0 Å². The van der Waals surface area contributed by atoms with Gasteiger partial charge in [-0.15, -0.1) is 0 Å². The van der Waals surface area contributed by atoms with E-state index >= 15 is 0 Å². The molecule has 2 aromatic rings. The van der Waals surface area contributed by atoms with E-state index in [0.29, 0.717) is 22.4 Å². The third-order valence-corrected chi connectivity index (χ3v) is 3.34. The van der Waals surface area contributed by atoms with Gasteiger partial charge in [0.2, 0.25) is 0 Å². The number of esters is 2. The van der Waals surface area contributed by atoms with E-state index in [9.17, 15) is 14.4 Å². The zero-order valence-electron chi connectivity index (χ0n) is 13.2. The number of ether oxygens (including phenoxy) is 2. The Labute approximate surface area is 133 Å². The van der Waals surface area contributed by atoms with Crippen molar-refractivity contribution in [3.8, 4) is 0 Å². The van der Waals surface area contributed by atoms with Crippen molar-refractivity contribution in [2.45, 2.75) is 13.5 Å². The summed E-state index contributed by atoms with van der Waals surface area (Å²) in [4.78, 5) is 34.9. The topological polar surface area (TPSA) is 74.6 Å². The number of methoxy groups -OCH3 is 1. The maximum absolute atomic E-state index is 12.1. The number of benzene rings is 1. The molecule has 0 fully saturated rings. The van der Waals surface area contributed by atoms with Crippen molar-refractivity contribution in [3.63, 3.8) is 0 Å². The van der Waals surface area contributed by atoms with E-state index in [1.807, 2.05) is 0 Å². The van der Waals surface area contributed by atoms with Crippen molar-refractivity contribution in [1.29, 1.82) is 0 Å². The highest BCUT2D eigenvalue weighted by molar-refractivity contribution is 5.97. The standard InChI is InChI=1S/C17H17NO5/c1-11(19)14-8-15(18(2)9-14)17(21)23-10-12-5-4-6-13(7-12)16(20)22-3/h4-9H,10H2,1-3H3. The maximum atomic E-state index is 12.1. The lowest BCUT2D eigenvalue weighted by Gasteiger charge is -2.07. The highest BCUT2D eigenvalue weighted by atomic mass is 16.5. The first-order valence-corrected chi connectivity index (χ1v) is 6.94. The average Bonchev–Trinajstić information content (AvgIpc) is 2.94. The molecule has 1 heterocycles. The van der Waals surface area contributed by atoms with Crippen molar-refractivity contribution < 1.29 is 23.9 Å². The summed E-state index contributed by atoms with van der Waals surface area (Å²) in [5.41, 5.74) is 1.80. The fraction of sp³-hybridized carbons (Fsp3) is 0.235. The van der Waals surface area contributed by atoms with Gasteiger partial charge in [-0.1, -0.05) is 12.1 Å². The van der Waals surface area contributed by atoms with Crippen LogP contribution in [0.3, 0.4) is 0 Å². The molecule has 0 saturated heterocycles. The largest absolute Gasteiger partial charge is 0.465 e. The Balaban J connectivity index is 2.07. The van der Waals surface area contributed by atoms with Gasteiger partial charge in [-0.3, -0.25) is 4.79 Å². The number of carbonyl (C=O) groups is 3. The van der Waals surface area contributed by atoms with Crippen LogP contribution >= 0.6 is 0 Å². The predicted molar refractivity (Wildman–Crippen MR) is 82.3 cm³/mol. The number of carbonyl (C=O) groups excluding carboxylic acids is 3. The minimum absolute atomic E-state index is 0.0181. The predicted octanol–water partition coefficient (Wildman–Crippen LogP) is 2.37. The van der Waals surface area contributed by atoms with Crippen LogP contribution in [0.15, 0.2) is 36.5 Å². The second kappa shape index (κ2) is 6.91. The molecular weight excluding hydrogens is 298 g/mol. The molecule has 0 aliphatic rings. The van der Waals surface area contributed by atoms with Crippen LogP contribution in [0.1, 0.15) is 43.7 Å². The fourth-order valence-electron chi connectivity index (χ4n) is 2.09. The highest BCUT2D eigenvalue weighted by Gasteiger charge is 2.15. The minimum Gasteiger partial charge on any atom is -0.465 e. The summed E-state index contributed by atoms with van der Waals surface area (Å²) in [5, 5.41) is 0. The number of aromatic nitrogens is 1. The molecule has 1 aromatic carbocycles. The Hall–Kier alpha value is -2.89. The van der Waals surface area contributed by atoms with E-state index in [4.69, 9.17) is 4.74 Å². The first-order valence-electron chi connectivity index (χ1n) is 6.94. The van der Waals surface area contributed by atoms with Crippen LogP contribution in [-0.2, 0) is 23.1 Å². The van der Waals surface area contributed by atoms with Crippen LogP contribution in [0.5, 0.6) is 0 Å². The Kier molecular flexibility index (Phi) is 4.95. The molecule has 1 aromatic heterocycles. The van der Waals surface area contributed by atoms with Gasteiger partial charge in [0, 0.05) is 18.8 Å². The van der Waals surface area contributed by atoms with Gasteiger partial charge in [-0.05, 0) is 30.7 Å². The van der Waals surface area contributed by atoms with Crippen LogP contribution in [0.25, 0.3) is 0 Å². The zero-order valence-corrected chi connectivity index (χ0v) is 13.2. The van der Waals surface area contributed by atoms with Crippen LogP contribution < -0.4 is 0 Å². The number of aryl methyl sites for hydroxylation is 1. The van der Waals surface area contributed by atoms with Crippen molar-refractivity contribution in [1.82, 2.24) is 4.57 Å². The van der Waals surface area contributed by atoms with E-state index in [1.165, 1.54) is 20.1 Å². The monoisotopic (exact) mass is 315 g/mol. The number of Topliss-reactive ketones (excluding diaryl/α,β-unsaturated/α-hetero) is 1. The SMILES string of the molecule is COC(=O)c1cccc(COC(=O)c2cc(C(C)=O)cn2C)c1. The second-order valence-electron chi connectivity index (χ2n) is 5.05. The third kappa shape index (κ3) is 3.85. The van der Waals surface area contributed by atoms with Crippen LogP contribution in [0, 0.1) is 0 Å². The van der Waals surface area contributed by atoms with E-state index in [0.717, 1.165) is 0 Å². The smallest absolute Gasteiger partial charge is 0.355 e. The summed E-state index contributed by atoms with van der Waals surface area (Å²) in [6, 6.07) is 8.14. The Morgan fingerprint density at radius 2 is 1.83 bits per heavy atom. The molecule has 2 rings (SSSR count). The van der Waals surface area contributed by atoms with Crippen LogP contribution in [0.2, 0.25) is 0 Å². The number of hydrogen-bond acceptors (Lipinski definition) is 5. The number of ketones is 1. The molecule has 0 aliphatic carbocycles. The van der Waals surface area contributed by atoms with Gasteiger partial charge in [0.15, 0.2) is 5.78 Å². The quantitative estimate of drug-likeness (QED) is 0.625. The second-order valence-corrected chi connectivity index (χ2v) is 5.05. The Morgan fingerprint density at radius 1 is 1.09 bits per heavy atom. The first-order chi connectivity index (χ1) is 10.9. The summed E-state index contributed by atoms with van der Waals surface area (Å²) in [6.07, 6.45) is 1.58. The molecule has 0 aliphatic heterocycles. The van der Waals surface area contributed by atoms with Gasteiger partial charge in [-0.2, -0.15) is 0 Å². The zero-order chi connectivity index (χ0) is 17.0. The van der Waals surface area contributed by atoms with Crippen molar-refractivity contribution in [2.75, 3.05) is 7.11 Å². The van der Waals surface area contributed by atoms with Gasteiger partial charge in [0.1, 0.15) is 12.3 Å². The van der Waals surface area contributed by atoms with Crippen molar-refractivity contribution in [2.24, 2.45) is 7.05 Å². The number of rotatable bonds is 5. The van der Waals surface area contributed by atoms with E-state index in [-0.39, 0.29) is 12.4 Å². The first kappa shape index (κ1) is 16.5. The molecule has 120 valence electrons. The lowest BCUT2D eigenvalue weighted by atomic mass is 10.1. The van der Waals surface area contributed by atoms with Crippen LogP contribution in [0.4, 0.5) is 0 Å². The number of hydrogen-bond donors (Lipinski definition) is 0. The number of nitrogens with zero attached hydrogens (tertiary/aromatic N) is 1. The molecule has 6 heteroatoms. The summed E-state index contributed by atoms with van der Waals surface area (Å²) >= 11 is 0. The lowest BCUT2D eigenvalue weighted by molar-refractivity contribution is 0.0461. The molecule has 0 saturated carbocycles. The van der Waals surface area contributed by atoms with E-state index < -0.39 is 11.9 Å². The fourth-order valence-corrected chi connectivity index (χ4v) is 2.09. The van der Waals surface area contributed by atoms with E-state index in [2.05, 4.69) is 4.74 Å². The molecule has 0 bridgehead atoms. The lowest BCUT2D eigenvalue weighted by Crippen LogP contribution is -2.10. The maximum Gasteiger partial charge on any atom is 0.355 e. The molecule has 0 atom stereocenters. The summed E-state index contributed by atoms with van der Waals surface area (Å²) in [7, 11) is 2.97. The summed E-state index contributed by atoms with van der Waals surface area (Å²) < 4.78 is 11.4. The Bertz CT molecular complexity index is 760. The molecule has 0 radical (unpaired) electrons. The van der Waals surface area contributed by atoms with E-state index in [1.54, 1.807) is 42.1 Å². The molecule has 0 N–H and O–H groups in total. The summed E-state index contributed by atoms with van der Waals surface area (Å²) in [6.45, 7) is 1.45. The molecule has 0 unspecified atom stereocenters. The normalized spacial score (nSPS) is 10.2. The highest BCUT2D eigenvalue weighted by Crippen LogP contribution is 2.12. The molecule has 6 nitrogen and oxygen atoms in total. The van der Waals surface area contributed by atoms with Gasteiger partial charge in [-0.25, -0.2) is 9.59 Å². The third-order valence-electron chi connectivity index (χ3n) is 3.34. The van der Waals surface area contributed by atoms with Gasteiger partial charge in [0.05, 0.1) is 12.7 Å². The average molecular weight is 315 g/mol. The minimum atomic E-state index is -0.538. The summed E-state index contributed by atoms with van der Waals surface area (Å²) in [5.74, 6) is -1.11. The van der Waals surface area contributed by atoms with Crippen molar-refractivity contribution in [3.05, 3.63) is 58.9 Å². The van der Waals surface area contributed by atoms with Gasteiger partial charge >= 0.3 is 11.9 Å². The van der Waals surface area contributed by atoms with Crippen molar-refractivity contribution >= 4 is 17.7 Å². The molecule has 23 heavy (non-hydrogen) atoms. The van der Waals surface area contributed by atoms with Crippen LogP contribution in [-0.4, -0.2) is 29.4 Å². The van der Waals surface area contributed by atoms with Gasteiger partial charge in [0.25, 0.3) is 0 Å². The molecule has 0 amide bonds. The Morgan fingerprint density at radius 3 is 2.43 bits per heavy atom. The molecule has 0 spiro atoms.